The molecule has 0 aromatic heterocycles. The zero-order valence-electron chi connectivity index (χ0n) is 11.4. The van der Waals surface area contributed by atoms with E-state index in [0.29, 0.717) is 24.3 Å². The summed E-state index contributed by atoms with van der Waals surface area (Å²) in [5, 5.41) is 9.54. The number of hydrogen-bond acceptors (Lipinski definition) is 3. The van der Waals surface area contributed by atoms with Gasteiger partial charge in [0.2, 0.25) is 5.79 Å². The smallest absolute Gasteiger partial charge is 0.314 e. The van der Waals surface area contributed by atoms with Crippen molar-refractivity contribution in [2.24, 2.45) is 0 Å². The zero-order valence-corrected chi connectivity index (χ0v) is 11.4. The van der Waals surface area contributed by atoms with Crippen LogP contribution in [0.5, 0.6) is 11.5 Å². The summed E-state index contributed by atoms with van der Waals surface area (Å²) in [6.07, 6.45) is 2.37. The summed E-state index contributed by atoms with van der Waals surface area (Å²) in [5.41, 5.74) is 1.10. The highest BCUT2D eigenvalue weighted by Crippen LogP contribution is 2.49. The molecule has 102 valence electrons. The third kappa shape index (κ3) is 1.70. The fourth-order valence-electron chi connectivity index (χ4n) is 3.02. The van der Waals surface area contributed by atoms with Gasteiger partial charge in [-0.25, -0.2) is 0 Å². The van der Waals surface area contributed by atoms with E-state index in [9.17, 15) is 9.90 Å². The van der Waals surface area contributed by atoms with Crippen molar-refractivity contribution in [3.63, 3.8) is 0 Å². The molecule has 0 spiro atoms. The minimum atomic E-state index is -0.736. The van der Waals surface area contributed by atoms with Crippen LogP contribution in [-0.2, 0) is 10.2 Å². The molecule has 1 aromatic rings. The van der Waals surface area contributed by atoms with E-state index in [-0.39, 0.29) is 0 Å². The number of aryl methyl sites for hydroxylation is 1. The van der Waals surface area contributed by atoms with Crippen molar-refractivity contribution in [3.8, 4) is 11.5 Å². The van der Waals surface area contributed by atoms with Gasteiger partial charge in [0.15, 0.2) is 11.5 Å². The molecule has 0 amide bonds. The largest absolute Gasteiger partial charge is 0.481 e. The van der Waals surface area contributed by atoms with Crippen LogP contribution in [0, 0.1) is 6.92 Å². The van der Waals surface area contributed by atoms with E-state index < -0.39 is 17.2 Å². The van der Waals surface area contributed by atoms with Crippen molar-refractivity contribution < 1.29 is 19.4 Å². The molecule has 1 aromatic carbocycles. The predicted molar refractivity (Wildman–Crippen MR) is 69.7 cm³/mol. The van der Waals surface area contributed by atoms with Crippen LogP contribution in [0.1, 0.15) is 44.2 Å². The number of ether oxygens (including phenoxy) is 2. The molecular weight excluding hydrogens is 244 g/mol. The van der Waals surface area contributed by atoms with Crippen LogP contribution < -0.4 is 9.47 Å². The van der Waals surface area contributed by atoms with E-state index in [0.717, 1.165) is 17.5 Å². The Morgan fingerprint density at radius 3 is 2.26 bits per heavy atom. The summed E-state index contributed by atoms with van der Waals surface area (Å²) in [6.45, 7) is 5.63. The Hall–Kier alpha value is -1.71. The monoisotopic (exact) mass is 262 g/mol. The molecule has 1 saturated carbocycles. The summed E-state index contributed by atoms with van der Waals surface area (Å²) in [7, 11) is 0. The lowest BCUT2D eigenvalue weighted by Gasteiger charge is -2.39. The van der Waals surface area contributed by atoms with Gasteiger partial charge in [-0.05, 0) is 43.0 Å². The maximum absolute atomic E-state index is 11.6. The van der Waals surface area contributed by atoms with E-state index in [1.807, 2.05) is 32.9 Å². The summed E-state index contributed by atoms with van der Waals surface area (Å²) in [6, 6.07) is 3.75. The van der Waals surface area contributed by atoms with Crippen molar-refractivity contribution in [2.75, 3.05) is 0 Å². The van der Waals surface area contributed by atoms with Crippen LogP contribution in [0.2, 0.25) is 0 Å². The molecule has 0 bridgehead atoms. The molecule has 1 heterocycles. The first kappa shape index (κ1) is 12.3. The molecule has 2 aliphatic rings. The maximum Gasteiger partial charge on any atom is 0.314 e. The predicted octanol–water partition coefficient (Wildman–Crippen LogP) is 3.01. The van der Waals surface area contributed by atoms with E-state index in [1.165, 1.54) is 0 Å². The van der Waals surface area contributed by atoms with Crippen molar-refractivity contribution >= 4 is 5.97 Å². The second kappa shape index (κ2) is 3.65. The lowest BCUT2D eigenvalue weighted by Crippen LogP contribution is -2.42. The van der Waals surface area contributed by atoms with E-state index in [2.05, 4.69) is 0 Å². The Labute approximate surface area is 112 Å². The third-order valence-corrected chi connectivity index (χ3v) is 4.13. The maximum atomic E-state index is 11.6. The van der Waals surface area contributed by atoms with Gasteiger partial charge in [-0.2, -0.15) is 0 Å². The molecule has 4 nitrogen and oxygen atoms in total. The van der Waals surface area contributed by atoms with E-state index >= 15 is 0 Å². The van der Waals surface area contributed by atoms with Gasteiger partial charge in [-0.15, -0.1) is 0 Å². The molecular formula is C15H18O4. The lowest BCUT2D eigenvalue weighted by molar-refractivity contribution is -0.147. The summed E-state index contributed by atoms with van der Waals surface area (Å²) < 4.78 is 11.4. The van der Waals surface area contributed by atoms with Crippen molar-refractivity contribution in [1.29, 1.82) is 0 Å². The van der Waals surface area contributed by atoms with Crippen LogP contribution in [0.4, 0.5) is 0 Å². The molecule has 1 aliphatic carbocycles. The summed E-state index contributed by atoms with van der Waals surface area (Å²) >= 11 is 0. The Bertz CT molecular complexity index is 556. The lowest BCUT2D eigenvalue weighted by atomic mass is 9.63. The van der Waals surface area contributed by atoms with Crippen LogP contribution in [0.3, 0.4) is 0 Å². The topological polar surface area (TPSA) is 55.8 Å². The number of benzene rings is 1. The SMILES string of the molecule is Cc1cc2c(cc1C1(C(=O)O)CCC1)OC(C)(C)O2. The van der Waals surface area contributed by atoms with Gasteiger partial charge in [0.25, 0.3) is 0 Å². The van der Waals surface area contributed by atoms with Gasteiger partial charge >= 0.3 is 5.97 Å². The molecule has 3 rings (SSSR count). The Balaban J connectivity index is 2.08. The zero-order chi connectivity index (χ0) is 13.8. The highest BCUT2D eigenvalue weighted by atomic mass is 16.7. The fourth-order valence-corrected chi connectivity index (χ4v) is 3.02. The van der Waals surface area contributed by atoms with Gasteiger partial charge in [-0.1, -0.05) is 6.42 Å². The minimum absolute atomic E-state index is 0.651. The molecule has 0 radical (unpaired) electrons. The summed E-state index contributed by atoms with van der Waals surface area (Å²) in [4.78, 5) is 11.6. The molecule has 1 N–H and O–H groups in total. The third-order valence-electron chi connectivity index (χ3n) is 4.13. The van der Waals surface area contributed by atoms with Gasteiger partial charge in [-0.3, -0.25) is 4.79 Å². The summed E-state index contributed by atoms with van der Waals surface area (Å²) in [5.74, 6) is -0.0622. The normalized spacial score (nSPS) is 21.8. The average molecular weight is 262 g/mol. The van der Waals surface area contributed by atoms with E-state index in [4.69, 9.17) is 9.47 Å². The van der Waals surface area contributed by atoms with Gasteiger partial charge in [0.1, 0.15) is 0 Å². The first-order valence-corrected chi connectivity index (χ1v) is 6.61. The molecule has 0 saturated heterocycles. The molecule has 1 aliphatic heterocycles. The second-order valence-electron chi connectivity index (χ2n) is 5.96. The second-order valence-corrected chi connectivity index (χ2v) is 5.96. The molecule has 19 heavy (non-hydrogen) atoms. The van der Waals surface area contributed by atoms with E-state index in [1.54, 1.807) is 0 Å². The highest BCUT2D eigenvalue weighted by molar-refractivity contribution is 5.83. The number of hydrogen-bond donors (Lipinski definition) is 1. The standard InChI is InChI=1S/C15H18O4/c1-9-7-11-12(19-14(2,3)18-11)8-10(9)15(13(16)17)5-4-6-15/h7-8H,4-6H2,1-3H3,(H,16,17). The van der Waals surface area contributed by atoms with Gasteiger partial charge in [0, 0.05) is 13.8 Å². The Morgan fingerprint density at radius 2 is 1.79 bits per heavy atom. The number of rotatable bonds is 2. The van der Waals surface area contributed by atoms with Crippen LogP contribution in [-0.4, -0.2) is 16.9 Å². The van der Waals surface area contributed by atoms with Crippen LogP contribution in [0.25, 0.3) is 0 Å². The van der Waals surface area contributed by atoms with Crippen molar-refractivity contribution in [3.05, 3.63) is 23.3 Å². The number of carbonyl (C=O) groups is 1. The fraction of sp³-hybridized carbons (Fsp3) is 0.533. The quantitative estimate of drug-likeness (QED) is 0.890. The first-order chi connectivity index (χ1) is 8.84. The Kier molecular flexibility index (Phi) is 2.37. The number of carboxylic acid groups (broad SMARTS) is 1. The molecule has 0 unspecified atom stereocenters. The number of aliphatic carboxylic acids is 1. The van der Waals surface area contributed by atoms with Crippen LogP contribution >= 0.6 is 0 Å². The molecule has 4 heteroatoms. The number of carboxylic acids is 1. The van der Waals surface area contributed by atoms with Crippen molar-refractivity contribution in [2.45, 2.75) is 51.2 Å². The van der Waals surface area contributed by atoms with Gasteiger partial charge < -0.3 is 14.6 Å². The highest BCUT2D eigenvalue weighted by Gasteiger charge is 2.47. The average Bonchev–Trinajstić information content (AvgIpc) is 2.49. The Morgan fingerprint density at radius 1 is 1.21 bits per heavy atom. The molecule has 0 atom stereocenters. The minimum Gasteiger partial charge on any atom is -0.481 e. The van der Waals surface area contributed by atoms with Crippen LogP contribution in [0.15, 0.2) is 12.1 Å². The van der Waals surface area contributed by atoms with Gasteiger partial charge in [0.05, 0.1) is 5.41 Å². The number of fused-ring (bicyclic) bond motifs is 1. The molecule has 1 fully saturated rings. The first-order valence-electron chi connectivity index (χ1n) is 6.61. The van der Waals surface area contributed by atoms with Crippen molar-refractivity contribution in [1.82, 2.24) is 0 Å².